The first-order valence-corrected chi connectivity index (χ1v) is 8.85. The number of ether oxygens (including phenoxy) is 3. The number of carbonyl (C=O) groups excluding carboxylic acids is 1. The summed E-state index contributed by atoms with van der Waals surface area (Å²) in [6, 6.07) is 5.29. The topological polar surface area (TPSA) is 77.0 Å². The van der Waals surface area contributed by atoms with E-state index >= 15 is 0 Å². The first kappa shape index (κ1) is 19.5. The molecule has 1 aliphatic carbocycles. The van der Waals surface area contributed by atoms with Crippen molar-refractivity contribution < 1.29 is 24.1 Å². The van der Waals surface area contributed by atoms with Gasteiger partial charge in [-0.15, -0.1) is 0 Å². The number of rotatable bonds is 8. The van der Waals surface area contributed by atoms with E-state index in [9.17, 15) is 9.90 Å². The van der Waals surface area contributed by atoms with Crippen molar-refractivity contribution in [3.8, 4) is 11.5 Å². The number of nitrogens with one attached hydrogen (secondary N) is 1. The number of hydrogen-bond donors (Lipinski definition) is 2. The van der Waals surface area contributed by atoms with Crippen LogP contribution in [0.2, 0.25) is 0 Å². The van der Waals surface area contributed by atoms with Crippen LogP contribution >= 0.6 is 0 Å². The van der Waals surface area contributed by atoms with Crippen molar-refractivity contribution in [2.75, 3.05) is 27.4 Å². The molecule has 0 aromatic heterocycles. The van der Waals surface area contributed by atoms with E-state index in [1.54, 1.807) is 18.2 Å². The van der Waals surface area contributed by atoms with Gasteiger partial charge in [-0.2, -0.15) is 0 Å². The second kappa shape index (κ2) is 9.63. The molecule has 1 aliphatic rings. The second-order valence-corrected chi connectivity index (χ2v) is 6.60. The third-order valence-electron chi connectivity index (χ3n) is 4.74. The van der Waals surface area contributed by atoms with E-state index in [-0.39, 0.29) is 6.61 Å². The van der Waals surface area contributed by atoms with Crippen molar-refractivity contribution in [2.24, 2.45) is 5.92 Å². The average Bonchev–Trinajstić information content (AvgIpc) is 2.64. The maximum atomic E-state index is 11.6. The molecule has 0 bridgehead atoms. The third-order valence-corrected chi connectivity index (χ3v) is 4.74. The predicted octanol–water partition coefficient (Wildman–Crippen LogP) is 2.39. The van der Waals surface area contributed by atoms with Crippen LogP contribution < -0.4 is 14.8 Å². The molecular weight excluding hydrogens is 322 g/mol. The summed E-state index contributed by atoms with van der Waals surface area (Å²) in [4.78, 5) is 11.6. The number of methoxy groups -OCH3 is 2. The van der Waals surface area contributed by atoms with E-state index in [1.165, 1.54) is 33.5 Å². The van der Waals surface area contributed by atoms with Gasteiger partial charge in [-0.25, -0.2) is 4.79 Å². The van der Waals surface area contributed by atoms with E-state index in [2.05, 4.69) is 17.0 Å². The van der Waals surface area contributed by atoms with Crippen LogP contribution in [0.4, 0.5) is 0 Å². The smallest absolute Gasteiger partial charge is 0.337 e. The lowest BCUT2D eigenvalue weighted by atomic mass is 9.86. The molecule has 0 spiro atoms. The molecule has 1 aromatic carbocycles. The van der Waals surface area contributed by atoms with Gasteiger partial charge in [0.1, 0.15) is 12.7 Å². The van der Waals surface area contributed by atoms with Crippen LogP contribution in [0.5, 0.6) is 11.5 Å². The van der Waals surface area contributed by atoms with Gasteiger partial charge < -0.3 is 24.6 Å². The molecule has 1 fully saturated rings. The molecule has 1 saturated carbocycles. The molecule has 3 atom stereocenters. The minimum atomic E-state index is -0.612. The van der Waals surface area contributed by atoms with E-state index in [0.717, 1.165) is 6.42 Å². The quantitative estimate of drug-likeness (QED) is 0.701. The number of aliphatic hydroxyl groups is 1. The van der Waals surface area contributed by atoms with Gasteiger partial charge in [0.2, 0.25) is 0 Å². The monoisotopic (exact) mass is 351 g/mol. The Balaban J connectivity index is 1.84. The third kappa shape index (κ3) is 5.61. The van der Waals surface area contributed by atoms with Gasteiger partial charge in [0.05, 0.1) is 19.8 Å². The largest absolute Gasteiger partial charge is 0.493 e. The lowest BCUT2D eigenvalue weighted by molar-refractivity contribution is 0.0600. The zero-order valence-corrected chi connectivity index (χ0v) is 15.3. The SMILES string of the molecule is COC(=O)c1ccc(OC[C@@H](O)CN[C@H]2CCCC[C@@H]2C)c(OC)c1. The molecular formula is C19H29NO5. The Hall–Kier alpha value is -1.79. The summed E-state index contributed by atoms with van der Waals surface area (Å²) >= 11 is 0. The normalized spacial score (nSPS) is 21.4. The van der Waals surface area contributed by atoms with E-state index in [1.807, 2.05) is 0 Å². The fourth-order valence-electron chi connectivity index (χ4n) is 3.18. The summed E-state index contributed by atoms with van der Waals surface area (Å²) in [5, 5.41) is 13.6. The minimum absolute atomic E-state index is 0.155. The molecule has 0 heterocycles. The van der Waals surface area contributed by atoms with Crippen molar-refractivity contribution >= 4 is 5.97 Å². The van der Waals surface area contributed by atoms with Gasteiger partial charge in [0, 0.05) is 12.6 Å². The zero-order valence-electron chi connectivity index (χ0n) is 15.3. The number of hydrogen-bond acceptors (Lipinski definition) is 6. The van der Waals surface area contributed by atoms with E-state index < -0.39 is 12.1 Å². The summed E-state index contributed by atoms with van der Waals surface area (Å²) in [6.45, 7) is 2.91. The van der Waals surface area contributed by atoms with Crippen molar-refractivity contribution in [1.82, 2.24) is 5.32 Å². The highest BCUT2D eigenvalue weighted by Gasteiger charge is 2.21. The highest BCUT2D eigenvalue weighted by atomic mass is 16.5. The minimum Gasteiger partial charge on any atom is -0.493 e. The molecule has 6 nitrogen and oxygen atoms in total. The Morgan fingerprint density at radius 2 is 2.04 bits per heavy atom. The van der Waals surface area contributed by atoms with Crippen LogP contribution in [0.3, 0.4) is 0 Å². The summed E-state index contributed by atoms with van der Waals surface area (Å²) in [5.41, 5.74) is 0.389. The first-order chi connectivity index (χ1) is 12.0. The molecule has 6 heteroatoms. The zero-order chi connectivity index (χ0) is 18.2. The van der Waals surface area contributed by atoms with Crippen LogP contribution in [0.25, 0.3) is 0 Å². The number of esters is 1. The summed E-state index contributed by atoms with van der Waals surface area (Å²) in [7, 11) is 2.83. The molecule has 140 valence electrons. The summed E-state index contributed by atoms with van der Waals surface area (Å²) < 4.78 is 15.6. The molecule has 0 saturated heterocycles. The molecule has 2 N–H and O–H groups in total. The Bertz CT molecular complexity index is 563. The molecule has 0 radical (unpaired) electrons. The molecule has 1 aromatic rings. The van der Waals surface area contributed by atoms with Gasteiger partial charge in [0.15, 0.2) is 11.5 Å². The van der Waals surface area contributed by atoms with Gasteiger partial charge in [-0.1, -0.05) is 19.8 Å². The fraction of sp³-hybridized carbons (Fsp3) is 0.632. The summed E-state index contributed by atoms with van der Waals surface area (Å²) in [5.74, 6) is 1.13. The van der Waals surface area contributed by atoms with Crippen molar-refractivity contribution in [3.63, 3.8) is 0 Å². The predicted molar refractivity (Wildman–Crippen MR) is 95.3 cm³/mol. The lowest BCUT2D eigenvalue weighted by Gasteiger charge is -2.30. The Labute approximate surface area is 149 Å². The Morgan fingerprint density at radius 1 is 1.28 bits per heavy atom. The maximum Gasteiger partial charge on any atom is 0.337 e. The van der Waals surface area contributed by atoms with Crippen molar-refractivity contribution in [2.45, 2.75) is 44.8 Å². The van der Waals surface area contributed by atoms with Crippen LogP contribution in [-0.4, -0.2) is 50.6 Å². The number of benzene rings is 1. The molecule has 2 rings (SSSR count). The van der Waals surface area contributed by atoms with Gasteiger partial charge in [0.25, 0.3) is 0 Å². The Kier molecular flexibility index (Phi) is 7.52. The number of aliphatic hydroxyl groups excluding tert-OH is 1. The highest BCUT2D eigenvalue weighted by Crippen LogP contribution is 2.28. The van der Waals surface area contributed by atoms with Crippen LogP contribution in [0.15, 0.2) is 18.2 Å². The molecule has 0 unspecified atom stereocenters. The highest BCUT2D eigenvalue weighted by molar-refractivity contribution is 5.90. The van der Waals surface area contributed by atoms with Gasteiger partial charge >= 0.3 is 5.97 Å². The summed E-state index contributed by atoms with van der Waals surface area (Å²) in [6.07, 6.45) is 4.34. The van der Waals surface area contributed by atoms with Gasteiger partial charge in [-0.3, -0.25) is 0 Å². The maximum absolute atomic E-state index is 11.6. The average molecular weight is 351 g/mol. The van der Waals surface area contributed by atoms with Crippen LogP contribution in [0.1, 0.15) is 43.0 Å². The standard InChI is InChI=1S/C19H29NO5/c1-13-6-4-5-7-16(13)20-11-15(21)12-25-17-9-8-14(19(22)24-3)10-18(17)23-2/h8-10,13,15-16,20-21H,4-7,11-12H2,1-3H3/t13-,15-,16-/m0/s1. The first-order valence-electron chi connectivity index (χ1n) is 8.85. The number of carbonyl (C=O) groups is 1. The van der Waals surface area contributed by atoms with Crippen LogP contribution in [0, 0.1) is 5.92 Å². The molecule has 25 heavy (non-hydrogen) atoms. The van der Waals surface area contributed by atoms with Crippen LogP contribution in [-0.2, 0) is 4.74 Å². The van der Waals surface area contributed by atoms with Crippen molar-refractivity contribution in [1.29, 1.82) is 0 Å². The second-order valence-electron chi connectivity index (χ2n) is 6.60. The lowest BCUT2D eigenvalue weighted by Crippen LogP contribution is -2.42. The molecule has 0 amide bonds. The van der Waals surface area contributed by atoms with Crippen molar-refractivity contribution in [3.05, 3.63) is 23.8 Å². The fourth-order valence-corrected chi connectivity index (χ4v) is 3.18. The van der Waals surface area contributed by atoms with E-state index in [0.29, 0.717) is 35.6 Å². The Morgan fingerprint density at radius 3 is 2.72 bits per heavy atom. The van der Waals surface area contributed by atoms with Gasteiger partial charge in [-0.05, 0) is 37.0 Å². The van der Waals surface area contributed by atoms with E-state index in [4.69, 9.17) is 9.47 Å². The molecule has 0 aliphatic heterocycles.